The monoisotopic (exact) mass is 389 g/mol. The number of aryl methyl sites for hydroxylation is 1. The van der Waals surface area contributed by atoms with Gasteiger partial charge in [0.15, 0.2) is 5.82 Å². The molecule has 1 amide bonds. The second-order valence-corrected chi connectivity index (χ2v) is 6.35. The zero-order valence-electron chi connectivity index (χ0n) is 14.7. The number of fused-ring (bicyclic) bond motifs is 1. The highest BCUT2D eigenvalue weighted by Crippen LogP contribution is 2.32. The highest BCUT2D eigenvalue weighted by molar-refractivity contribution is 5.64. The summed E-state index contributed by atoms with van der Waals surface area (Å²) in [4.78, 5) is 21.8. The quantitative estimate of drug-likeness (QED) is 0.636. The van der Waals surface area contributed by atoms with Gasteiger partial charge in [-0.05, 0) is 29.0 Å². The Morgan fingerprint density at radius 2 is 1.89 bits per heavy atom. The average Bonchev–Trinajstić information content (AvgIpc) is 3.11. The molecule has 2 aromatic heterocycles. The first-order valence-electron chi connectivity index (χ1n) is 8.36. The van der Waals surface area contributed by atoms with Gasteiger partial charge in [0.05, 0.1) is 17.8 Å². The van der Waals surface area contributed by atoms with Gasteiger partial charge in [-0.1, -0.05) is 12.1 Å². The molecule has 0 saturated carbocycles. The zero-order valence-corrected chi connectivity index (χ0v) is 14.7. The number of rotatable bonds is 3. The number of alkyl halides is 3. The molecule has 3 heterocycles. The van der Waals surface area contributed by atoms with Crippen LogP contribution in [0.4, 0.5) is 13.2 Å². The summed E-state index contributed by atoms with van der Waals surface area (Å²) in [6.45, 7) is 0.797. The van der Waals surface area contributed by atoms with Crippen LogP contribution in [0.5, 0.6) is 0 Å². The number of tetrazole rings is 1. The molecule has 0 bridgehead atoms. The predicted octanol–water partition coefficient (Wildman–Crippen LogP) is 1.87. The molecule has 11 heteroatoms. The van der Waals surface area contributed by atoms with E-state index in [1.54, 1.807) is 11.9 Å². The third kappa shape index (κ3) is 3.19. The lowest BCUT2D eigenvalue weighted by atomic mass is 10.0. The first-order valence-corrected chi connectivity index (χ1v) is 8.36. The molecule has 0 radical (unpaired) electrons. The van der Waals surface area contributed by atoms with E-state index >= 15 is 0 Å². The van der Waals surface area contributed by atoms with E-state index in [1.165, 1.54) is 16.8 Å². The van der Waals surface area contributed by atoms with Gasteiger partial charge in [0.25, 0.3) is 0 Å². The normalized spacial score (nSPS) is 14.1. The van der Waals surface area contributed by atoms with Crippen molar-refractivity contribution in [3.63, 3.8) is 0 Å². The lowest BCUT2D eigenvalue weighted by Gasteiger charge is -2.26. The van der Waals surface area contributed by atoms with Gasteiger partial charge in [0, 0.05) is 24.7 Å². The SMILES string of the molecule is Cn1nnnc1-c1nc(-c2ccc(C(F)(F)F)cc2)nc2c1CCN(C=O)C2. The minimum absolute atomic E-state index is 0.248. The topological polar surface area (TPSA) is 89.7 Å². The van der Waals surface area contributed by atoms with Gasteiger partial charge >= 0.3 is 6.18 Å². The third-order valence-corrected chi connectivity index (χ3v) is 4.55. The van der Waals surface area contributed by atoms with Crippen molar-refractivity contribution in [1.82, 2.24) is 35.1 Å². The Kier molecular flexibility index (Phi) is 4.28. The molecule has 0 fully saturated rings. The number of nitrogens with zero attached hydrogens (tertiary/aromatic N) is 7. The molecule has 1 aromatic carbocycles. The molecule has 4 rings (SSSR count). The van der Waals surface area contributed by atoms with Crippen LogP contribution in [0.1, 0.15) is 16.8 Å². The van der Waals surface area contributed by atoms with Crippen molar-refractivity contribution in [3.8, 4) is 22.9 Å². The van der Waals surface area contributed by atoms with E-state index in [9.17, 15) is 18.0 Å². The maximum atomic E-state index is 12.8. The Bertz CT molecular complexity index is 1030. The summed E-state index contributed by atoms with van der Waals surface area (Å²) in [6, 6.07) is 4.62. The van der Waals surface area contributed by atoms with Crippen molar-refractivity contribution in [2.24, 2.45) is 7.05 Å². The fourth-order valence-corrected chi connectivity index (χ4v) is 3.09. The standard InChI is InChI=1S/C17H14F3N7O/c1-26-16(23-24-25-26)14-12-6-7-27(9-28)8-13(12)21-15(22-14)10-2-4-11(5-3-10)17(18,19)20/h2-5,9H,6-8H2,1H3. The van der Waals surface area contributed by atoms with E-state index in [0.29, 0.717) is 35.7 Å². The molecule has 0 aliphatic carbocycles. The minimum Gasteiger partial charge on any atom is -0.339 e. The summed E-state index contributed by atoms with van der Waals surface area (Å²) in [5, 5.41) is 11.4. The number of amides is 1. The molecule has 3 aromatic rings. The van der Waals surface area contributed by atoms with Crippen LogP contribution in [-0.2, 0) is 31.0 Å². The number of carbonyl (C=O) groups excluding carboxylic acids is 1. The van der Waals surface area contributed by atoms with Crippen molar-refractivity contribution >= 4 is 6.41 Å². The molecule has 0 atom stereocenters. The summed E-state index contributed by atoms with van der Waals surface area (Å²) < 4.78 is 39.9. The summed E-state index contributed by atoms with van der Waals surface area (Å²) >= 11 is 0. The maximum Gasteiger partial charge on any atom is 0.416 e. The Hall–Kier alpha value is -3.37. The minimum atomic E-state index is -4.42. The average molecular weight is 389 g/mol. The molecule has 8 nitrogen and oxygen atoms in total. The van der Waals surface area contributed by atoms with Gasteiger partial charge < -0.3 is 4.90 Å². The lowest BCUT2D eigenvalue weighted by Crippen LogP contribution is -2.31. The second-order valence-electron chi connectivity index (χ2n) is 6.35. The van der Waals surface area contributed by atoms with Crippen molar-refractivity contribution in [1.29, 1.82) is 0 Å². The highest BCUT2D eigenvalue weighted by Gasteiger charge is 2.30. The number of benzene rings is 1. The van der Waals surface area contributed by atoms with Crippen molar-refractivity contribution < 1.29 is 18.0 Å². The van der Waals surface area contributed by atoms with E-state index in [-0.39, 0.29) is 12.4 Å². The third-order valence-electron chi connectivity index (χ3n) is 4.55. The van der Waals surface area contributed by atoms with E-state index in [0.717, 1.165) is 24.1 Å². The fourth-order valence-electron chi connectivity index (χ4n) is 3.09. The maximum absolute atomic E-state index is 12.8. The van der Waals surface area contributed by atoms with Crippen molar-refractivity contribution in [2.45, 2.75) is 19.1 Å². The molecule has 1 aliphatic heterocycles. The number of hydrogen-bond donors (Lipinski definition) is 0. The summed E-state index contributed by atoms with van der Waals surface area (Å²) in [5.74, 6) is 0.671. The van der Waals surface area contributed by atoms with Crippen LogP contribution in [0.2, 0.25) is 0 Å². The van der Waals surface area contributed by atoms with E-state index in [2.05, 4.69) is 25.5 Å². The van der Waals surface area contributed by atoms with Crippen LogP contribution in [-0.4, -0.2) is 48.0 Å². The van der Waals surface area contributed by atoms with Crippen molar-refractivity contribution in [3.05, 3.63) is 41.1 Å². The summed E-state index contributed by atoms with van der Waals surface area (Å²) in [6.07, 6.45) is -3.15. The largest absolute Gasteiger partial charge is 0.416 e. The van der Waals surface area contributed by atoms with Gasteiger partial charge in [-0.2, -0.15) is 13.2 Å². The summed E-state index contributed by atoms with van der Waals surface area (Å²) in [5.41, 5.74) is 1.64. The first-order chi connectivity index (χ1) is 13.4. The Labute approximate surface area is 157 Å². The van der Waals surface area contributed by atoms with Gasteiger partial charge in [-0.25, -0.2) is 14.6 Å². The van der Waals surface area contributed by atoms with Gasteiger partial charge in [-0.3, -0.25) is 4.79 Å². The van der Waals surface area contributed by atoms with E-state index in [4.69, 9.17) is 0 Å². The zero-order chi connectivity index (χ0) is 19.9. The van der Waals surface area contributed by atoms with E-state index < -0.39 is 11.7 Å². The van der Waals surface area contributed by atoms with Gasteiger partial charge in [0.2, 0.25) is 12.2 Å². The van der Waals surface area contributed by atoms with Crippen LogP contribution >= 0.6 is 0 Å². The van der Waals surface area contributed by atoms with Crippen LogP contribution < -0.4 is 0 Å². The molecular weight excluding hydrogens is 375 g/mol. The number of carbonyl (C=O) groups is 1. The van der Waals surface area contributed by atoms with Crippen LogP contribution in [0, 0.1) is 0 Å². The van der Waals surface area contributed by atoms with Gasteiger partial charge in [0.1, 0.15) is 5.69 Å². The summed E-state index contributed by atoms with van der Waals surface area (Å²) in [7, 11) is 1.67. The Balaban J connectivity index is 1.84. The van der Waals surface area contributed by atoms with Gasteiger partial charge in [-0.15, -0.1) is 5.10 Å². The van der Waals surface area contributed by atoms with Crippen molar-refractivity contribution in [2.75, 3.05) is 6.54 Å². The number of halogens is 3. The molecule has 0 spiro atoms. The van der Waals surface area contributed by atoms with Crippen LogP contribution in [0.3, 0.4) is 0 Å². The Morgan fingerprint density at radius 3 is 2.50 bits per heavy atom. The van der Waals surface area contributed by atoms with Crippen LogP contribution in [0.15, 0.2) is 24.3 Å². The Morgan fingerprint density at radius 1 is 1.14 bits per heavy atom. The van der Waals surface area contributed by atoms with E-state index in [1.807, 2.05) is 0 Å². The first kappa shape index (κ1) is 18.0. The number of hydrogen-bond acceptors (Lipinski definition) is 6. The smallest absolute Gasteiger partial charge is 0.339 e. The molecular formula is C17H14F3N7O. The molecule has 1 aliphatic rings. The fraction of sp³-hybridized carbons (Fsp3) is 0.294. The molecule has 0 unspecified atom stereocenters. The molecule has 28 heavy (non-hydrogen) atoms. The van der Waals surface area contributed by atoms with Crippen LogP contribution in [0.25, 0.3) is 22.9 Å². The lowest BCUT2D eigenvalue weighted by molar-refractivity contribution is -0.137. The highest BCUT2D eigenvalue weighted by atomic mass is 19.4. The number of aromatic nitrogens is 6. The predicted molar refractivity (Wildman–Crippen MR) is 90.4 cm³/mol. The second kappa shape index (κ2) is 6.66. The molecule has 0 saturated heterocycles. The molecule has 144 valence electrons. The molecule has 0 N–H and O–H groups in total.